The van der Waals surface area contributed by atoms with Gasteiger partial charge in [-0.2, -0.15) is 0 Å². The first kappa shape index (κ1) is 20.5. The summed E-state index contributed by atoms with van der Waals surface area (Å²) in [5, 5.41) is 6.85. The van der Waals surface area contributed by atoms with Crippen molar-refractivity contribution in [2.45, 2.75) is 58.0 Å². The van der Waals surface area contributed by atoms with Gasteiger partial charge in [0, 0.05) is 38.6 Å². The summed E-state index contributed by atoms with van der Waals surface area (Å²) in [5.74, 6) is 2.30. The molecular formula is C22H34N4O2. The molecule has 2 N–H and O–H groups in total. The minimum Gasteiger partial charge on any atom is -0.494 e. The SMILES string of the molecule is CCCOc1cccc(CNC(=NC)NC2CCN(C(=O)C3CCCC3)C2)c1. The van der Waals surface area contributed by atoms with E-state index in [4.69, 9.17) is 4.74 Å². The Morgan fingerprint density at radius 1 is 1.29 bits per heavy atom. The van der Waals surface area contributed by atoms with Gasteiger partial charge in [-0.1, -0.05) is 31.9 Å². The van der Waals surface area contributed by atoms with E-state index >= 15 is 0 Å². The number of ether oxygens (including phenoxy) is 1. The lowest BCUT2D eigenvalue weighted by molar-refractivity contribution is -0.134. The van der Waals surface area contributed by atoms with Crippen LogP contribution < -0.4 is 15.4 Å². The van der Waals surface area contributed by atoms with E-state index in [9.17, 15) is 4.79 Å². The Morgan fingerprint density at radius 3 is 2.86 bits per heavy atom. The third-order valence-corrected chi connectivity index (χ3v) is 5.60. The van der Waals surface area contributed by atoms with Crippen LogP contribution in [0.25, 0.3) is 0 Å². The lowest BCUT2D eigenvalue weighted by Gasteiger charge is -2.21. The predicted molar refractivity (Wildman–Crippen MR) is 113 cm³/mol. The second kappa shape index (κ2) is 10.3. The number of hydrogen-bond acceptors (Lipinski definition) is 3. The quantitative estimate of drug-likeness (QED) is 0.559. The molecule has 1 saturated heterocycles. The summed E-state index contributed by atoms with van der Waals surface area (Å²) in [4.78, 5) is 19.0. The van der Waals surface area contributed by atoms with Crippen molar-refractivity contribution >= 4 is 11.9 Å². The van der Waals surface area contributed by atoms with Gasteiger partial charge in [0.05, 0.1) is 6.61 Å². The van der Waals surface area contributed by atoms with Gasteiger partial charge in [0.2, 0.25) is 5.91 Å². The van der Waals surface area contributed by atoms with E-state index in [1.54, 1.807) is 7.05 Å². The van der Waals surface area contributed by atoms with Crippen molar-refractivity contribution in [1.82, 2.24) is 15.5 Å². The van der Waals surface area contributed by atoms with Crippen LogP contribution in [0.1, 0.15) is 51.0 Å². The molecule has 3 rings (SSSR count). The highest BCUT2D eigenvalue weighted by molar-refractivity contribution is 5.81. The lowest BCUT2D eigenvalue weighted by atomic mass is 10.1. The van der Waals surface area contributed by atoms with Crippen LogP contribution >= 0.6 is 0 Å². The number of guanidine groups is 1. The Hall–Kier alpha value is -2.24. The molecule has 1 unspecified atom stereocenters. The molecule has 1 saturated carbocycles. The summed E-state index contributed by atoms with van der Waals surface area (Å²) in [5.41, 5.74) is 1.15. The highest BCUT2D eigenvalue weighted by Gasteiger charge is 2.32. The molecule has 1 atom stereocenters. The van der Waals surface area contributed by atoms with Crippen LogP contribution in [0.5, 0.6) is 5.75 Å². The number of carbonyl (C=O) groups is 1. The van der Waals surface area contributed by atoms with Crippen LogP contribution in [0.3, 0.4) is 0 Å². The number of rotatable bonds is 7. The molecule has 1 aliphatic heterocycles. The van der Waals surface area contributed by atoms with E-state index < -0.39 is 0 Å². The average Bonchev–Trinajstić information content (AvgIpc) is 3.41. The van der Waals surface area contributed by atoms with Crippen LogP contribution in [0.2, 0.25) is 0 Å². The van der Waals surface area contributed by atoms with E-state index in [0.29, 0.717) is 12.5 Å². The molecule has 1 aliphatic carbocycles. The van der Waals surface area contributed by atoms with E-state index in [1.807, 2.05) is 17.0 Å². The highest BCUT2D eigenvalue weighted by atomic mass is 16.5. The van der Waals surface area contributed by atoms with E-state index in [0.717, 1.165) is 62.7 Å². The Balaban J connectivity index is 1.45. The molecule has 2 aliphatic rings. The van der Waals surface area contributed by atoms with Gasteiger partial charge >= 0.3 is 0 Å². The number of nitrogens with one attached hydrogen (secondary N) is 2. The molecule has 0 spiro atoms. The Morgan fingerprint density at radius 2 is 2.11 bits per heavy atom. The molecule has 6 heteroatoms. The first-order valence-electron chi connectivity index (χ1n) is 10.7. The minimum absolute atomic E-state index is 0.260. The predicted octanol–water partition coefficient (Wildman–Crippen LogP) is 2.93. The van der Waals surface area contributed by atoms with Crippen LogP contribution in [-0.2, 0) is 11.3 Å². The van der Waals surface area contributed by atoms with Crippen molar-refractivity contribution in [2.24, 2.45) is 10.9 Å². The zero-order valence-electron chi connectivity index (χ0n) is 17.2. The molecule has 28 heavy (non-hydrogen) atoms. The van der Waals surface area contributed by atoms with Gasteiger partial charge in [-0.05, 0) is 43.4 Å². The van der Waals surface area contributed by atoms with Gasteiger partial charge < -0.3 is 20.3 Å². The number of likely N-dealkylation sites (tertiary alicyclic amines) is 1. The van der Waals surface area contributed by atoms with Crippen molar-refractivity contribution in [1.29, 1.82) is 0 Å². The summed E-state index contributed by atoms with van der Waals surface area (Å²) in [7, 11) is 1.78. The third kappa shape index (κ3) is 5.63. The molecule has 1 aromatic carbocycles. The Labute approximate surface area is 168 Å². The number of carbonyl (C=O) groups excluding carboxylic acids is 1. The summed E-state index contributed by atoms with van der Waals surface area (Å²) in [6.45, 7) is 5.14. The number of nitrogens with zero attached hydrogens (tertiary/aromatic N) is 2. The third-order valence-electron chi connectivity index (χ3n) is 5.60. The molecule has 154 valence electrons. The topological polar surface area (TPSA) is 66.0 Å². The van der Waals surface area contributed by atoms with Gasteiger partial charge in [-0.15, -0.1) is 0 Å². The fourth-order valence-electron chi connectivity index (χ4n) is 4.05. The molecule has 6 nitrogen and oxygen atoms in total. The fourth-order valence-corrected chi connectivity index (χ4v) is 4.05. The van der Waals surface area contributed by atoms with Gasteiger partial charge in [0.15, 0.2) is 5.96 Å². The maximum absolute atomic E-state index is 12.6. The second-order valence-corrected chi connectivity index (χ2v) is 7.82. The van der Waals surface area contributed by atoms with Gasteiger partial charge in [0.1, 0.15) is 5.75 Å². The van der Waals surface area contributed by atoms with Crippen molar-refractivity contribution in [3.05, 3.63) is 29.8 Å². The number of benzene rings is 1. The van der Waals surface area contributed by atoms with Crippen molar-refractivity contribution in [3.63, 3.8) is 0 Å². The largest absolute Gasteiger partial charge is 0.494 e. The number of amides is 1. The lowest BCUT2D eigenvalue weighted by Crippen LogP contribution is -2.45. The van der Waals surface area contributed by atoms with Crippen molar-refractivity contribution in [2.75, 3.05) is 26.7 Å². The van der Waals surface area contributed by atoms with Crippen LogP contribution in [0, 0.1) is 5.92 Å². The Kier molecular flexibility index (Phi) is 7.57. The van der Waals surface area contributed by atoms with Crippen LogP contribution in [-0.4, -0.2) is 49.6 Å². The zero-order valence-corrected chi connectivity index (χ0v) is 17.2. The summed E-state index contributed by atoms with van der Waals surface area (Å²) >= 11 is 0. The van der Waals surface area contributed by atoms with Gasteiger partial charge in [-0.3, -0.25) is 9.79 Å². The van der Waals surface area contributed by atoms with E-state index in [2.05, 4.69) is 34.7 Å². The Bertz CT molecular complexity index is 670. The molecule has 0 radical (unpaired) electrons. The van der Waals surface area contributed by atoms with Crippen LogP contribution in [0.4, 0.5) is 0 Å². The van der Waals surface area contributed by atoms with Crippen molar-refractivity contribution in [3.8, 4) is 5.75 Å². The molecule has 0 bridgehead atoms. The van der Waals surface area contributed by atoms with E-state index in [-0.39, 0.29) is 12.0 Å². The summed E-state index contributed by atoms with van der Waals surface area (Å²) in [6, 6.07) is 8.41. The first-order chi connectivity index (χ1) is 13.7. The van der Waals surface area contributed by atoms with E-state index in [1.165, 1.54) is 12.8 Å². The van der Waals surface area contributed by atoms with Gasteiger partial charge in [0.25, 0.3) is 0 Å². The molecule has 1 heterocycles. The molecule has 1 amide bonds. The fraction of sp³-hybridized carbons (Fsp3) is 0.636. The normalized spacial score (nSPS) is 20.4. The zero-order chi connectivity index (χ0) is 19.8. The highest BCUT2D eigenvalue weighted by Crippen LogP contribution is 2.27. The number of hydrogen-bond donors (Lipinski definition) is 2. The molecule has 0 aromatic heterocycles. The maximum Gasteiger partial charge on any atom is 0.225 e. The summed E-state index contributed by atoms with van der Waals surface area (Å²) < 4.78 is 5.70. The van der Waals surface area contributed by atoms with Crippen molar-refractivity contribution < 1.29 is 9.53 Å². The minimum atomic E-state index is 0.260. The smallest absolute Gasteiger partial charge is 0.225 e. The standard InChI is InChI=1S/C22H34N4O2/c1-3-13-28-20-10-6-7-17(14-20)15-24-22(23-2)25-19-11-12-26(16-19)21(27)18-8-4-5-9-18/h6-7,10,14,18-19H,3-5,8-9,11-13,15-16H2,1-2H3,(H2,23,24,25). The number of aliphatic imine (C=N–C) groups is 1. The molecule has 2 fully saturated rings. The monoisotopic (exact) mass is 386 g/mol. The second-order valence-electron chi connectivity index (χ2n) is 7.82. The molecule has 1 aromatic rings. The van der Waals surface area contributed by atoms with Crippen LogP contribution in [0.15, 0.2) is 29.3 Å². The summed E-state index contributed by atoms with van der Waals surface area (Å²) in [6.07, 6.45) is 6.51. The van der Waals surface area contributed by atoms with Gasteiger partial charge in [-0.25, -0.2) is 0 Å². The maximum atomic E-state index is 12.6. The average molecular weight is 387 g/mol. The first-order valence-corrected chi connectivity index (χ1v) is 10.7. The molecular weight excluding hydrogens is 352 g/mol.